The second-order valence-corrected chi connectivity index (χ2v) is 7.79. The number of hydrogen-bond donors (Lipinski definition) is 1. The van der Waals surface area contributed by atoms with Crippen LogP contribution in [0.4, 0.5) is 4.39 Å². The number of nitrogens with one attached hydrogen (secondary N) is 1. The van der Waals surface area contributed by atoms with Crippen molar-refractivity contribution in [1.29, 1.82) is 0 Å². The average Bonchev–Trinajstić information content (AvgIpc) is 3.41. The Morgan fingerprint density at radius 2 is 1.96 bits per heavy atom. The van der Waals surface area contributed by atoms with E-state index >= 15 is 0 Å². The minimum absolute atomic E-state index is 0.0393. The number of carbonyl (C=O) groups is 1. The molecule has 1 fully saturated rings. The van der Waals surface area contributed by atoms with Gasteiger partial charge in [0.1, 0.15) is 5.82 Å². The molecule has 2 aliphatic rings. The lowest BCUT2D eigenvalue weighted by atomic mass is 10.00. The lowest BCUT2D eigenvalue weighted by molar-refractivity contribution is 0.0952. The zero-order valence-corrected chi connectivity index (χ0v) is 15.9. The van der Waals surface area contributed by atoms with E-state index in [2.05, 4.69) is 5.32 Å². The van der Waals surface area contributed by atoms with Crippen molar-refractivity contribution in [3.8, 4) is 0 Å². The molecule has 1 amide bonds. The van der Waals surface area contributed by atoms with Gasteiger partial charge in [0.05, 0.1) is 21.8 Å². The van der Waals surface area contributed by atoms with Crippen LogP contribution in [0.15, 0.2) is 42.5 Å². The molecule has 3 nitrogen and oxygen atoms in total. The molecule has 28 heavy (non-hydrogen) atoms. The van der Waals surface area contributed by atoms with Crippen LogP contribution in [0.3, 0.4) is 0 Å². The smallest absolute Gasteiger partial charge is 0.252 e. The topological polar surface area (TPSA) is 42.0 Å². The van der Waals surface area contributed by atoms with Crippen molar-refractivity contribution in [3.05, 3.63) is 75.7 Å². The molecule has 0 aliphatic heterocycles. The SMILES string of the molecule is O=C(NC1CC1)c1c2c(nc3ccccc13)C(=Cc1c(F)cccc1Cl)CC2. The lowest BCUT2D eigenvalue weighted by Gasteiger charge is -2.12. The Morgan fingerprint density at radius 1 is 1.14 bits per heavy atom. The summed E-state index contributed by atoms with van der Waals surface area (Å²) in [6.45, 7) is 0. The second-order valence-electron chi connectivity index (χ2n) is 7.38. The highest BCUT2D eigenvalue weighted by atomic mass is 35.5. The Hall–Kier alpha value is -2.72. The highest BCUT2D eigenvalue weighted by molar-refractivity contribution is 6.32. The van der Waals surface area contributed by atoms with Crippen molar-refractivity contribution in [2.75, 3.05) is 0 Å². The van der Waals surface area contributed by atoms with Crippen LogP contribution in [0.2, 0.25) is 5.02 Å². The molecule has 2 aromatic carbocycles. The number of amides is 1. The van der Waals surface area contributed by atoms with Crippen LogP contribution in [-0.2, 0) is 6.42 Å². The predicted octanol–water partition coefficient (Wildman–Crippen LogP) is 5.41. The van der Waals surface area contributed by atoms with Crippen molar-refractivity contribution in [2.45, 2.75) is 31.7 Å². The molecule has 2 aliphatic carbocycles. The van der Waals surface area contributed by atoms with Gasteiger partial charge in [-0.2, -0.15) is 0 Å². The number of aromatic nitrogens is 1. The normalized spacial score (nSPS) is 17.1. The zero-order valence-electron chi connectivity index (χ0n) is 15.1. The van der Waals surface area contributed by atoms with E-state index in [4.69, 9.17) is 16.6 Å². The molecule has 1 heterocycles. The summed E-state index contributed by atoms with van der Waals surface area (Å²) < 4.78 is 14.3. The molecule has 0 spiro atoms. The largest absolute Gasteiger partial charge is 0.349 e. The molecule has 5 rings (SSSR count). The van der Waals surface area contributed by atoms with Crippen LogP contribution in [0, 0.1) is 5.82 Å². The number of allylic oxidation sites excluding steroid dienone is 1. The molecular formula is C23H18ClFN2O. The van der Waals surface area contributed by atoms with Crippen LogP contribution in [0.5, 0.6) is 0 Å². The van der Waals surface area contributed by atoms with E-state index in [9.17, 15) is 9.18 Å². The van der Waals surface area contributed by atoms with Gasteiger partial charge < -0.3 is 5.32 Å². The first-order valence-electron chi connectivity index (χ1n) is 9.49. The summed E-state index contributed by atoms with van der Waals surface area (Å²) in [6.07, 6.45) is 5.25. The molecule has 0 atom stereocenters. The van der Waals surface area contributed by atoms with Crippen molar-refractivity contribution >= 4 is 40.1 Å². The maximum absolute atomic E-state index is 14.3. The Kier molecular flexibility index (Phi) is 4.17. The molecule has 1 N–H and O–H groups in total. The fraction of sp³-hybridized carbons (Fsp3) is 0.217. The molecule has 1 saturated carbocycles. The molecule has 0 saturated heterocycles. The Morgan fingerprint density at radius 3 is 2.75 bits per heavy atom. The molecular weight excluding hydrogens is 375 g/mol. The molecule has 5 heteroatoms. The first-order chi connectivity index (χ1) is 13.6. The zero-order chi connectivity index (χ0) is 19.3. The number of halogens is 2. The van der Waals surface area contributed by atoms with Crippen molar-refractivity contribution in [2.24, 2.45) is 0 Å². The highest BCUT2D eigenvalue weighted by Crippen LogP contribution is 2.38. The van der Waals surface area contributed by atoms with Gasteiger partial charge in [-0.1, -0.05) is 35.9 Å². The fourth-order valence-corrected chi connectivity index (χ4v) is 4.06. The minimum atomic E-state index is -0.360. The summed E-state index contributed by atoms with van der Waals surface area (Å²) in [7, 11) is 0. The van der Waals surface area contributed by atoms with Crippen molar-refractivity contribution < 1.29 is 9.18 Å². The molecule has 0 radical (unpaired) electrons. The number of carbonyl (C=O) groups excluding carboxylic acids is 1. The highest BCUT2D eigenvalue weighted by Gasteiger charge is 2.30. The summed E-state index contributed by atoms with van der Waals surface area (Å²) in [5, 5.41) is 4.34. The first-order valence-corrected chi connectivity index (χ1v) is 9.87. The van der Waals surface area contributed by atoms with E-state index in [0.717, 1.165) is 40.6 Å². The number of nitrogens with zero attached hydrogens (tertiary/aromatic N) is 1. The van der Waals surface area contributed by atoms with Crippen LogP contribution in [-0.4, -0.2) is 16.9 Å². The van der Waals surface area contributed by atoms with Gasteiger partial charge in [0.2, 0.25) is 0 Å². The molecule has 140 valence electrons. The number of benzene rings is 2. The lowest BCUT2D eigenvalue weighted by Crippen LogP contribution is -2.27. The molecule has 3 aromatic rings. The van der Waals surface area contributed by atoms with Gasteiger partial charge in [0.15, 0.2) is 0 Å². The third kappa shape index (κ3) is 2.98. The van der Waals surface area contributed by atoms with E-state index in [-0.39, 0.29) is 17.8 Å². The van der Waals surface area contributed by atoms with E-state index < -0.39 is 0 Å². The number of fused-ring (bicyclic) bond motifs is 2. The van der Waals surface area contributed by atoms with Crippen LogP contribution >= 0.6 is 11.6 Å². The van der Waals surface area contributed by atoms with E-state index in [1.807, 2.05) is 24.3 Å². The van der Waals surface area contributed by atoms with Crippen LogP contribution < -0.4 is 5.32 Å². The Balaban J connectivity index is 1.69. The average molecular weight is 393 g/mol. The van der Waals surface area contributed by atoms with Gasteiger partial charge in [-0.3, -0.25) is 4.79 Å². The summed E-state index contributed by atoms with van der Waals surface area (Å²) in [5.41, 5.74) is 4.47. The van der Waals surface area contributed by atoms with Crippen LogP contribution in [0.25, 0.3) is 22.6 Å². The maximum atomic E-state index is 14.3. The predicted molar refractivity (Wildman–Crippen MR) is 110 cm³/mol. The van der Waals surface area contributed by atoms with Crippen molar-refractivity contribution in [3.63, 3.8) is 0 Å². The van der Waals surface area contributed by atoms with Gasteiger partial charge in [-0.05, 0) is 61.1 Å². The Labute approximate surface area is 167 Å². The van der Waals surface area contributed by atoms with E-state index in [0.29, 0.717) is 29.0 Å². The maximum Gasteiger partial charge on any atom is 0.252 e. The summed E-state index contributed by atoms with van der Waals surface area (Å²) >= 11 is 6.21. The molecule has 0 bridgehead atoms. The van der Waals surface area contributed by atoms with Gasteiger partial charge in [0, 0.05) is 17.0 Å². The van der Waals surface area contributed by atoms with E-state index in [1.165, 1.54) is 6.07 Å². The van der Waals surface area contributed by atoms with Gasteiger partial charge in [-0.25, -0.2) is 9.37 Å². The summed E-state index contributed by atoms with van der Waals surface area (Å²) in [6, 6.07) is 12.6. The summed E-state index contributed by atoms with van der Waals surface area (Å²) in [4.78, 5) is 17.8. The van der Waals surface area contributed by atoms with Gasteiger partial charge in [0.25, 0.3) is 5.91 Å². The summed E-state index contributed by atoms with van der Waals surface area (Å²) in [5.74, 6) is -0.400. The quantitative estimate of drug-likeness (QED) is 0.647. The first kappa shape index (κ1) is 17.4. The monoisotopic (exact) mass is 392 g/mol. The number of pyridine rings is 1. The van der Waals surface area contributed by atoms with Crippen molar-refractivity contribution in [1.82, 2.24) is 10.3 Å². The second kappa shape index (κ2) is 6.71. The molecule has 1 aromatic heterocycles. The standard InChI is InChI=1S/C23H18ClFN2O/c24-18-5-3-6-19(25)17(18)12-13-8-11-16-21(23(28)26-14-9-10-14)15-4-1-2-7-20(15)27-22(13)16/h1-7,12,14H,8-11H2,(H,26,28). The van der Waals surface area contributed by atoms with Gasteiger partial charge >= 0.3 is 0 Å². The number of para-hydroxylation sites is 1. The fourth-order valence-electron chi connectivity index (χ4n) is 3.85. The number of rotatable bonds is 3. The van der Waals surface area contributed by atoms with Crippen LogP contribution in [0.1, 0.15) is 46.4 Å². The molecule has 0 unspecified atom stereocenters. The third-order valence-electron chi connectivity index (χ3n) is 5.40. The van der Waals surface area contributed by atoms with E-state index in [1.54, 1.807) is 18.2 Å². The third-order valence-corrected chi connectivity index (χ3v) is 5.73. The number of hydrogen-bond acceptors (Lipinski definition) is 2. The van der Waals surface area contributed by atoms with Gasteiger partial charge in [-0.15, -0.1) is 0 Å². The Bertz CT molecular complexity index is 1130. The minimum Gasteiger partial charge on any atom is -0.349 e.